The van der Waals surface area contributed by atoms with Crippen LogP contribution in [-0.4, -0.2) is 61.9 Å². The number of ether oxygens (including phenoxy) is 2. The summed E-state index contributed by atoms with van der Waals surface area (Å²) in [5.41, 5.74) is 1.00. The fraction of sp³-hybridized carbons (Fsp3) is 0.375. The van der Waals surface area contributed by atoms with Gasteiger partial charge in [0.1, 0.15) is 18.0 Å². The van der Waals surface area contributed by atoms with Gasteiger partial charge in [0.2, 0.25) is 0 Å². The summed E-state index contributed by atoms with van der Waals surface area (Å²) >= 11 is 1.26. The molecular weight excluding hydrogens is 332 g/mol. The fourth-order valence-electron chi connectivity index (χ4n) is 2.34. The van der Waals surface area contributed by atoms with Gasteiger partial charge in [-0.3, -0.25) is 0 Å². The molecule has 0 bridgehead atoms. The van der Waals surface area contributed by atoms with Crippen molar-refractivity contribution in [2.24, 2.45) is 0 Å². The van der Waals surface area contributed by atoms with Crippen molar-refractivity contribution in [1.29, 1.82) is 0 Å². The van der Waals surface area contributed by atoms with Crippen LogP contribution in [-0.2, 0) is 0 Å². The van der Waals surface area contributed by atoms with E-state index in [0.717, 1.165) is 11.1 Å². The number of aromatic nitrogens is 2. The van der Waals surface area contributed by atoms with E-state index in [1.165, 1.54) is 18.9 Å². The van der Waals surface area contributed by atoms with Crippen LogP contribution in [0.5, 0.6) is 11.8 Å². The average molecular weight is 350 g/mol. The summed E-state index contributed by atoms with van der Waals surface area (Å²) in [5.74, 6) is 0.845. The number of hydrogen-bond acceptors (Lipinski definition) is 8. The minimum atomic E-state index is -1.21. The van der Waals surface area contributed by atoms with Gasteiger partial charge in [-0.15, -0.1) is 11.8 Å². The zero-order valence-electron chi connectivity index (χ0n) is 12.9. The molecule has 4 atom stereocenters. The molecule has 3 N–H and O–H groups in total. The van der Waals surface area contributed by atoms with Crippen LogP contribution >= 0.6 is 11.8 Å². The topological polar surface area (TPSA) is 105 Å². The summed E-state index contributed by atoms with van der Waals surface area (Å²) in [7, 11) is 1.50. The number of benzene rings is 1. The van der Waals surface area contributed by atoms with E-state index in [9.17, 15) is 15.3 Å². The molecule has 1 aromatic carbocycles. The molecule has 1 fully saturated rings. The fourth-order valence-corrected chi connectivity index (χ4v) is 3.46. The number of rotatable bonds is 4. The highest BCUT2D eigenvalue weighted by atomic mass is 32.2. The second-order valence-electron chi connectivity index (χ2n) is 5.35. The van der Waals surface area contributed by atoms with Crippen LogP contribution in [0.2, 0.25) is 0 Å². The van der Waals surface area contributed by atoms with Crippen LogP contribution in [0.3, 0.4) is 0 Å². The predicted molar refractivity (Wildman–Crippen MR) is 88.9 cm³/mol. The van der Waals surface area contributed by atoms with Crippen molar-refractivity contribution in [1.82, 2.24) is 9.97 Å². The van der Waals surface area contributed by atoms with E-state index in [4.69, 9.17) is 9.47 Å². The highest BCUT2D eigenvalue weighted by Gasteiger charge is 2.38. The summed E-state index contributed by atoms with van der Waals surface area (Å²) in [6.45, 7) is 0. The first-order valence-electron chi connectivity index (χ1n) is 7.37. The van der Waals surface area contributed by atoms with Crippen molar-refractivity contribution < 1.29 is 24.8 Å². The molecule has 0 spiro atoms. The van der Waals surface area contributed by atoms with Gasteiger partial charge in [-0.1, -0.05) is 12.1 Å². The van der Waals surface area contributed by atoms with E-state index >= 15 is 0 Å². The zero-order valence-corrected chi connectivity index (χ0v) is 13.8. The van der Waals surface area contributed by atoms with Gasteiger partial charge in [-0.05, 0) is 17.7 Å². The van der Waals surface area contributed by atoms with Crippen molar-refractivity contribution in [3.05, 3.63) is 36.7 Å². The molecule has 1 aromatic heterocycles. The Morgan fingerprint density at radius 3 is 2.54 bits per heavy atom. The standard InChI is InChI=1S/C16H18N2O5S/c1-22-16-17-6-10(7-18-16)9-3-2-4-11(5-9)23-15-14(21)13(20)12(19)8-24-15/h2-7,12-15,19-21H,8H2,1H3/t12-,13+,14-,15+/m1/s1. The number of aliphatic hydroxyl groups is 3. The predicted octanol–water partition coefficient (Wildman–Crippen LogP) is 0.687. The number of aliphatic hydroxyl groups excluding tert-OH is 3. The lowest BCUT2D eigenvalue weighted by Gasteiger charge is -2.34. The largest absolute Gasteiger partial charge is 0.477 e. The third kappa shape index (κ3) is 3.62. The normalized spacial score (nSPS) is 26.8. The lowest BCUT2D eigenvalue weighted by Crippen LogP contribution is -2.50. The van der Waals surface area contributed by atoms with Gasteiger partial charge in [-0.2, -0.15) is 0 Å². The molecule has 8 heteroatoms. The number of nitrogens with zero attached hydrogens (tertiary/aromatic N) is 2. The highest BCUT2D eigenvalue weighted by molar-refractivity contribution is 7.99. The van der Waals surface area contributed by atoms with Crippen LogP contribution in [0, 0.1) is 0 Å². The molecule has 0 unspecified atom stereocenters. The Labute approximate surface area is 143 Å². The van der Waals surface area contributed by atoms with E-state index in [0.29, 0.717) is 17.5 Å². The Kier molecular flexibility index (Phi) is 5.20. The van der Waals surface area contributed by atoms with Gasteiger partial charge in [0.25, 0.3) is 0 Å². The maximum atomic E-state index is 10.0. The van der Waals surface area contributed by atoms with Gasteiger partial charge in [0.05, 0.1) is 13.2 Å². The molecule has 0 radical (unpaired) electrons. The molecule has 128 valence electrons. The Bertz CT molecular complexity index is 684. The molecule has 0 saturated carbocycles. The van der Waals surface area contributed by atoms with E-state index in [1.54, 1.807) is 24.5 Å². The molecule has 2 aromatic rings. The zero-order chi connectivity index (χ0) is 17.1. The molecule has 0 aliphatic carbocycles. The van der Waals surface area contributed by atoms with Crippen LogP contribution in [0.4, 0.5) is 0 Å². The molecule has 1 saturated heterocycles. The number of thioether (sulfide) groups is 1. The van der Waals surface area contributed by atoms with E-state index in [1.807, 2.05) is 12.1 Å². The third-order valence-corrected chi connectivity index (χ3v) is 4.92. The number of hydrogen-bond donors (Lipinski definition) is 3. The Morgan fingerprint density at radius 1 is 1.08 bits per heavy atom. The Morgan fingerprint density at radius 2 is 1.83 bits per heavy atom. The van der Waals surface area contributed by atoms with Crippen LogP contribution < -0.4 is 9.47 Å². The maximum Gasteiger partial charge on any atom is 0.316 e. The van der Waals surface area contributed by atoms with Crippen LogP contribution in [0.25, 0.3) is 11.1 Å². The Hall–Kier alpha value is -1.87. The first-order valence-corrected chi connectivity index (χ1v) is 8.42. The van der Waals surface area contributed by atoms with Crippen molar-refractivity contribution in [2.75, 3.05) is 12.9 Å². The van der Waals surface area contributed by atoms with Gasteiger partial charge in [0.15, 0.2) is 5.44 Å². The molecule has 3 rings (SSSR count). The van der Waals surface area contributed by atoms with Crippen LogP contribution in [0.15, 0.2) is 36.7 Å². The summed E-state index contributed by atoms with van der Waals surface area (Å²) in [6, 6.07) is 7.57. The maximum absolute atomic E-state index is 10.0. The molecule has 24 heavy (non-hydrogen) atoms. The molecule has 7 nitrogen and oxygen atoms in total. The van der Waals surface area contributed by atoms with Gasteiger partial charge in [-0.25, -0.2) is 9.97 Å². The molecule has 1 aliphatic rings. The lowest BCUT2D eigenvalue weighted by atomic mass is 10.1. The quantitative estimate of drug-likeness (QED) is 0.740. The SMILES string of the molecule is COc1ncc(-c2cccc(O[C@H]3SC[C@@H](O)[C@H](O)[C@H]3O)c2)cn1. The van der Waals surface area contributed by atoms with Crippen molar-refractivity contribution >= 4 is 11.8 Å². The van der Waals surface area contributed by atoms with Gasteiger partial charge < -0.3 is 24.8 Å². The van der Waals surface area contributed by atoms with Crippen LogP contribution in [0.1, 0.15) is 0 Å². The first-order chi connectivity index (χ1) is 11.6. The van der Waals surface area contributed by atoms with E-state index in [-0.39, 0.29) is 0 Å². The molecular formula is C16H18N2O5S. The summed E-state index contributed by atoms with van der Waals surface area (Å²) in [5, 5.41) is 29.3. The van der Waals surface area contributed by atoms with Crippen molar-refractivity contribution in [2.45, 2.75) is 23.7 Å². The van der Waals surface area contributed by atoms with Crippen molar-refractivity contribution in [3.63, 3.8) is 0 Å². The minimum Gasteiger partial charge on any atom is -0.477 e. The Balaban J connectivity index is 1.75. The molecule has 2 heterocycles. The summed E-state index contributed by atoms with van der Waals surface area (Å²) in [4.78, 5) is 8.14. The third-order valence-electron chi connectivity index (χ3n) is 3.68. The lowest BCUT2D eigenvalue weighted by molar-refractivity contribution is -0.0786. The second-order valence-corrected chi connectivity index (χ2v) is 6.49. The smallest absolute Gasteiger partial charge is 0.316 e. The molecule has 1 aliphatic heterocycles. The monoisotopic (exact) mass is 350 g/mol. The van der Waals surface area contributed by atoms with E-state index in [2.05, 4.69) is 9.97 Å². The van der Waals surface area contributed by atoms with E-state index < -0.39 is 23.7 Å². The second kappa shape index (κ2) is 7.35. The van der Waals surface area contributed by atoms with Crippen molar-refractivity contribution in [3.8, 4) is 22.9 Å². The van der Waals surface area contributed by atoms with Gasteiger partial charge in [0, 0.05) is 23.7 Å². The number of methoxy groups -OCH3 is 1. The average Bonchev–Trinajstić information content (AvgIpc) is 2.62. The molecule has 0 amide bonds. The highest BCUT2D eigenvalue weighted by Crippen LogP contribution is 2.31. The summed E-state index contributed by atoms with van der Waals surface area (Å²) < 4.78 is 10.7. The van der Waals surface area contributed by atoms with Gasteiger partial charge >= 0.3 is 6.01 Å². The first kappa shape index (κ1) is 17.0. The minimum absolute atomic E-state index is 0.292. The summed E-state index contributed by atoms with van der Waals surface area (Å²) in [6.07, 6.45) is -0.0290.